The third-order valence-corrected chi connectivity index (χ3v) is 5.46. The predicted molar refractivity (Wildman–Crippen MR) is 105 cm³/mol. The van der Waals surface area contributed by atoms with Crippen LogP contribution in [-0.4, -0.2) is 29.9 Å². The number of halogens is 1. The van der Waals surface area contributed by atoms with Crippen LogP contribution in [0.1, 0.15) is 24.2 Å². The zero-order valence-electron chi connectivity index (χ0n) is 15.5. The third-order valence-electron chi connectivity index (χ3n) is 4.52. The Bertz CT molecular complexity index is 941. The first-order valence-electron chi connectivity index (χ1n) is 8.58. The maximum atomic E-state index is 13.4. The van der Waals surface area contributed by atoms with Gasteiger partial charge in [-0.1, -0.05) is 30.3 Å². The van der Waals surface area contributed by atoms with Crippen molar-refractivity contribution < 1.29 is 13.9 Å². The van der Waals surface area contributed by atoms with E-state index < -0.39 is 0 Å². The number of benzene rings is 2. The van der Waals surface area contributed by atoms with Crippen molar-refractivity contribution in [2.24, 2.45) is 0 Å². The molecule has 140 valence electrons. The molecular formula is C21H21FN2O2S. The van der Waals surface area contributed by atoms with Gasteiger partial charge in [-0.15, -0.1) is 11.3 Å². The van der Waals surface area contributed by atoms with Gasteiger partial charge in [0.1, 0.15) is 16.6 Å². The molecule has 3 rings (SSSR count). The molecular weight excluding hydrogens is 363 g/mol. The van der Waals surface area contributed by atoms with Crippen LogP contribution in [0.2, 0.25) is 0 Å². The molecule has 2 aromatic carbocycles. The van der Waals surface area contributed by atoms with Crippen LogP contribution in [0.25, 0.3) is 10.6 Å². The summed E-state index contributed by atoms with van der Waals surface area (Å²) in [6.07, 6.45) is 0.196. The second-order valence-corrected chi connectivity index (χ2v) is 7.11. The number of para-hydroxylation sites is 1. The van der Waals surface area contributed by atoms with E-state index in [9.17, 15) is 9.18 Å². The smallest absolute Gasteiger partial charge is 0.228 e. The highest BCUT2D eigenvalue weighted by Gasteiger charge is 2.21. The van der Waals surface area contributed by atoms with Crippen molar-refractivity contribution in [3.63, 3.8) is 0 Å². The Morgan fingerprint density at radius 2 is 2.04 bits per heavy atom. The van der Waals surface area contributed by atoms with Crippen LogP contribution in [0.4, 0.5) is 4.39 Å². The molecule has 1 aromatic heterocycles. The SMILES string of the molecule is COc1ccccc1C(C)N(C)C(=O)Cc1csc(-c2cccc(F)c2)n1. The molecule has 0 saturated carbocycles. The zero-order valence-corrected chi connectivity index (χ0v) is 16.3. The van der Waals surface area contributed by atoms with E-state index >= 15 is 0 Å². The van der Waals surface area contributed by atoms with Gasteiger partial charge in [-0.05, 0) is 25.1 Å². The van der Waals surface area contributed by atoms with Gasteiger partial charge >= 0.3 is 0 Å². The average molecular weight is 384 g/mol. The highest BCUT2D eigenvalue weighted by Crippen LogP contribution is 2.29. The quantitative estimate of drug-likeness (QED) is 0.618. The van der Waals surface area contributed by atoms with Crippen LogP contribution in [-0.2, 0) is 11.2 Å². The van der Waals surface area contributed by atoms with Gasteiger partial charge in [0.15, 0.2) is 0 Å². The van der Waals surface area contributed by atoms with Crippen molar-refractivity contribution in [3.05, 3.63) is 71.0 Å². The van der Waals surface area contributed by atoms with E-state index in [2.05, 4.69) is 4.98 Å². The highest BCUT2D eigenvalue weighted by atomic mass is 32.1. The average Bonchev–Trinajstić information content (AvgIpc) is 3.15. The first kappa shape index (κ1) is 19.0. The molecule has 3 aromatic rings. The van der Waals surface area contributed by atoms with Crippen LogP contribution in [0, 0.1) is 5.82 Å². The van der Waals surface area contributed by atoms with Crippen molar-refractivity contribution in [1.29, 1.82) is 0 Å². The summed E-state index contributed by atoms with van der Waals surface area (Å²) < 4.78 is 18.8. The van der Waals surface area contributed by atoms with Crippen molar-refractivity contribution in [1.82, 2.24) is 9.88 Å². The molecule has 6 heteroatoms. The fourth-order valence-electron chi connectivity index (χ4n) is 2.86. The van der Waals surface area contributed by atoms with Crippen LogP contribution < -0.4 is 4.74 Å². The lowest BCUT2D eigenvalue weighted by Gasteiger charge is -2.26. The molecule has 0 bridgehead atoms. The monoisotopic (exact) mass is 384 g/mol. The fourth-order valence-corrected chi connectivity index (χ4v) is 3.67. The van der Waals surface area contributed by atoms with Gasteiger partial charge < -0.3 is 9.64 Å². The van der Waals surface area contributed by atoms with Gasteiger partial charge in [0, 0.05) is 23.6 Å². The molecule has 0 saturated heterocycles. The predicted octanol–water partition coefficient (Wildman–Crippen LogP) is 4.72. The van der Waals surface area contributed by atoms with Gasteiger partial charge in [0.2, 0.25) is 5.91 Å². The summed E-state index contributed by atoms with van der Waals surface area (Å²) in [6, 6.07) is 13.8. The molecule has 1 atom stereocenters. The molecule has 0 fully saturated rings. The van der Waals surface area contributed by atoms with E-state index in [0.717, 1.165) is 16.9 Å². The van der Waals surface area contributed by atoms with Gasteiger partial charge in [0.05, 0.1) is 25.3 Å². The highest BCUT2D eigenvalue weighted by molar-refractivity contribution is 7.13. The van der Waals surface area contributed by atoms with Gasteiger partial charge in [0.25, 0.3) is 0 Å². The van der Waals surface area contributed by atoms with E-state index in [1.54, 1.807) is 25.1 Å². The van der Waals surface area contributed by atoms with Crippen molar-refractivity contribution in [2.45, 2.75) is 19.4 Å². The summed E-state index contributed by atoms with van der Waals surface area (Å²) in [4.78, 5) is 18.9. The van der Waals surface area contributed by atoms with Crippen LogP contribution in [0.5, 0.6) is 5.75 Å². The molecule has 27 heavy (non-hydrogen) atoms. The molecule has 0 aliphatic rings. The standard InChI is InChI=1S/C21H21FN2O2S/c1-14(18-9-4-5-10-19(18)26-3)24(2)20(25)12-17-13-27-21(23-17)15-7-6-8-16(22)11-15/h4-11,13-14H,12H2,1-3H3. The summed E-state index contributed by atoms with van der Waals surface area (Å²) in [5.41, 5.74) is 2.35. The Hall–Kier alpha value is -2.73. The molecule has 4 nitrogen and oxygen atoms in total. The normalized spacial score (nSPS) is 11.9. The number of likely N-dealkylation sites (N-methyl/N-ethyl adjacent to an activating group) is 1. The Morgan fingerprint density at radius 3 is 2.78 bits per heavy atom. The third kappa shape index (κ3) is 4.34. The largest absolute Gasteiger partial charge is 0.496 e. The second kappa shape index (κ2) is 8.31. The summed E-state index contributed by atoms with van der Waals surface area (Å²) in [5, 5.41) is 2.55. The Balaban J connectivity index is 1.71. The fraction of sp³-hybridized carbons (Fsp3) is 0.238. The Labute approximate surface area is 162 Å². The summed E-state index contributed by atoms with van der Waals surface area (Å²) in [7, 11) is 3.40. The molecule has 0 spiro atoms. The Kier molecular flexibility index (Phi) is 5.86. The number of rotatable bonds is 6. The minimum Gasteiger partial charge on any atom is -0.496 e. The second-order valence-electron chi connectivity index (χ2n) is 6.25. The van der Waals surface area contributed by atoms with Gasteiger partial charge in [-0.25, -0.2) is 9.37 Å². The Morgan fingerprint density at radius 1 is 1.26 bits per heavy atom. The minimum absolute atomic E-state index is 0.0375. The number of thiazole rings is 1. The molecule has 0 N–H and O–H groups in total. The molecule has 0 aliphatic heterocycles. The summed E-state index contributed by atoms with van der Waals surface area (Å²) in [6.45, 7) is 1.97. The first-order chi connectivity index (χ1) is 13.0. The van der Waals surface area contributed by atoms with E-state index in [1.807, 2.05) is 42.6 Å². The van der Waals surface area contributed by atoms with E-state index in [4.69, 9.17) is 4.74 Å². The van der Waals surface area contributed by atoms with Gasteiger partial charge in [-0.2, -0.15) is 0 Å². The molecule has 0 radical (unpaired) electrons. The lowest BCUT2D eigenvalue weighted by Crippen LogP contribution is -2.31. The maximum Gasteiger partial charge on any atom is 0.228 e. The number of carbonyl (C=O) groups excluding carboxylic acids is 1. The van der Waals surface area contributed by atoms with Crippen molar-refractivity contribution in [3.8, 4) is 16.3 Å². The molecule has 0 aliphatic carbocycles. The first-order valence-corrected chi connectivity index (χ1v) is 9.46. The molecule has 1 unspecified atom stereocenters. The number of nitrogens with zero attached hydrogens (tertiary/aromatic N) is 2. The number of hydrogen-bond acceptors (Lipinski definition) is 4. The van der Waals surface area contributed by atoms with Gasteiger partial charge in [-0.3, -0.25) is 4.79 Å². The minimum atomic E-state index is -0.300. The van der Waals surface area contributed by atoms with Crippen molar-refractivity contribution in [2.75, 3.05) is 14.2 Å². The number of methoxy groups -OCH3 is 1. The lowest BCUT2D eigenvalue weighted by molar-refractivity contribution is -0.131. The number of amides is 1. The van der Waals surface area contributed by atoms with E-state index in [0.29, 0.717) is 10.7 Å². The van der Waals surface area contributed by atoms with Crippen molar-refractivity contribution >= 4 is 17.2 Å². The molecule has 1 heterocycles. The zero-order chi connectivity index (χ0) is 19.4. The van der Waals surface area contributed by atoms with E-state index in [-0.39, 0.29) is 24.2 Å². The summed E-state index contributed by atoms with van der Waals surface area (Å²) >= 11 is 1.41. The van der Waals surface area contributed by atoms with Crippen LogP contribution in [0.3, 0.4) is 0 Å². The topological polar surface area (TPSA) is 42.4 Å². The number of ether oxygens (including phenoxy) is 1. The maximum absolute atomic E-state index is 13.4. The van der Waals surface area contributed by atoms with E-state index in [1.165, 1.54) is 23.5 Å². The number of aromatic nitrogens is 1. The van der Waals surface area contributed by atoms with Crippen LogP contribution in [0.15, 0.2) is 53.9 Å². The molecule has 1 amide bonds. The van der Waals surface area contributed by atoms with Crippen LogP contribution >= 0.6 is 11.3 Å². The number of carbonyl (C=O) groups is 1. The lowest BCUT2D eigenvalue weighted by atomic mass is 10.1. The number of hydrogen-bond donors (Lipinski definition) is 0. The summed E-state index contributed by atoms with van der Waals surface area (Å²) in [5.74, 6) is 0.418.